The predicted octanol–water partition coefficient (Wildman–Crippen LogP) is 23.0. The molecule has 0 saturated heterocycles. The number of nitrogens with one attached hydrogen (secondary N) is 1. The highest BCUT2D eigenvalue weighted by atomic mass is 16.7. The number of non-ortho nitro benzene ring substituents is 2. The van der Waals surface area contributed by atoms with Gasteiger partial charge in [0.25, 0.3) is 22.7 Å². The van der Waals surface area contributed by atoms with E-state index >= 15 is 0 Å². The topological polar surface area (TPSA) is 479 Å². The molecule has 0 spiro atoms. The molecule has 8 rings (SSSR count). The largest absolute Gasteiger partial charge is 0.513 e. The number of anilines is 1. The molecule has 0 saturated carbocycles. The van der Waals surface area contributed by atoms with Gasteiger partial charge in [0.1, 0.15) is 34.3 Å². The minimum Gasteiger partial charge on any atom is -0.508 e. The fraction of sp³-hybridized carbons (Fsp3) is 0.467. The number of nitrogens with two attached hydrogens (primary N) is 1. The van der Waals surface area contributed by atoms with Gasteiger partial charge < -0.3 is 59.6 Å². The Morgan fingerprint density at radius 1 is 0.355 bits per heavy atom. The Balaban J connectivity index is 0.000000493. The summed E-state index contributed by atoms with van der Waals surface area (Å²) in [5.74, 6) is -0.719. The number of aromatic nitrogens is 1. The van der Waals surface area contributed by atoms with Gasteiger partial charge in [0, 0.05) is 80.4 Å². The summed E-state index contributed by atoms with van der Waals surface area (Å²) in [5.41, 5.74) is 10.9. The van der Waals surface area contributed by atoms with E-state index < -0.39 is 65.3 Å². The van der Waals surface area contributed by atoms with Crippen molar-refractivity contribution in [2.24, 2.45) is 0 Å². The van der Waals surface area contributed by atoms with Gasteiger partial charge in [-0.3, -0.25) is 55.4 Å². The Hall–Kier alpha value is -12.8. The fourth-order valence-corrected chi connectivity index (χ4v) is 11.9. The minimum atomic E-state index is -1.21. The Labute approximate surface area is 724 Å². The maximum Gasteiger partial charge on any atom is 0.513 e. The number of H-pyrrole nitrogens is 1. The van der Waals surface area contributed by atoms with Crippen molar-refractivity contribution in [1.29, 1.82) is 0 Å². The van der Waals surface area contributed by atoms with E-state index in [4.69, 9.17) is 25.1 Å². The highest BCUT2D eigenvalue weighted by molar-refractivity contribution is 5.92. The zero-order chi connectivity index (χ0) is 96.6. The number of pyridine rings is 1. The predicted molar refractivity (Wildman–Crippen MR) is 479 cm³/mol. The maximum atomic E-state index is 11.6. The number of hydrogen-bond donors (Lipinski definition) is 6. The number of carbonyl (C=O) groups is 4. The normalized spacial score (nSPS) is 11.8. The van der Waals surface area contributed by atoms with Crippen LogP contribution in [0.5, 0.6) is 34.5 Å². The summed E-state index contributed by atoms with van der Waals surface area (Å²) in [4.78, 5) is 111. The third-order valence-corrected chi connectivity index (χ3v) is 18.6. The molecular weight excluding hydrogens is 1600 g/mol. The summed E-state index contributed by atoms with van der Waals surface area (Å²) in [6.45, 7) is 59.1. The van der Waals surface area contributed by atoms with Crippen molar-refractivity contribution < 1.29 is 92.6 Å². The molecule has 0 unspecified atom stereocenters. The second-order valence-electron chi connectivity index (χ2n) is 39.3. The van der Waals surface area contributed by atoms with Crippen LogP contribution in [-0.4, -0.2) is 95.8 Å². The lowest BCUT2D eigenvalue weighted by Crippen LogP contribution is -2.20. The van der Waals surface area contributed by atoms with Crippen molar-refractivity contribution >= 4 is 69.5 Å². The number of nitrogen functional groups attached to an aromatic ring is 1. The number of carboxylic acid groups (broad SMARTS) is 1. The number of nitro groups is 5. The van der Waals surface area contributed by atoms with E-state index in [1.54, 1.807) is 54.6 Å². The number of phenols is 3. The Morgan fingerprint density at radius 2 is 0.702 bits per heavy atom. The van der Waals surface area contributed by atoms with E-state index in [0.717, 1.165) is 29.4 Å². The second kappa shape index (κ2) is 41.4. The van der Waals surface area contributed by atoms with Crippen LogP contribution in [0, 0.1) is 50.6 Å². The van der Waals surface area contributed by atoms with Crippen LogP contribution in [0.3, 0.4) is 0 Å². The number of carbonyl (C=O) groups excluding carboxylic acids is 3. The van der Waals surface area contributed by atoms with Crippen LogP contribution in [0.2, 0.25) is 0 Å². The van der Waals surface area contributed by atoms with Crippen molar-refractivity contribution in [2.75, 3.05) is 27.1 Å². The van der Waals surface area contributed by atoms with Crippen LogP contribution in [0.1, 0.15) is 274 Å². The lowest BCUT2D eigenvalue weighted by Gasteiger charge is -2.27. The van der Waals surface area contributed by atoms with E-state index in [1.807, 2.05) is 178 Å². The molecule has 7 N–H and O–H groups in total. The van der Waals surface area contributed by atoms with Crippen molar-refractivity contribution in [3.63, 3.8) is 0 Å². The number of aromatic amines is 1. The minimum absolute atomic E-state index is 0.00220. The lowest BCUT2D eigenvalue weighted by molar-refractivity contribution is -0.386. The summed E-state index contributed by atoms with van der Waals surface area (Å²) in [5, 5.41) is 93.6. The molecule has 0 aliphatic rings. The molecule has 678 valence electrons. The standard InChI is InChI=1S/2C16H23NO5.C14H21NO3.C14H23NO.C12H15NO5.C10H7NO3.C10H13NO3/c1-15(2,3)10-8-11(16(4,5)6)13(22-14(18)21-7)9-12(10)17(19)20;1-15(2,3)10-8-11(16(4,5)6)13(22-14(18)21-7)12(9-10)17(19)20;1-13(2,3)9-7-10(14(4,5)6)12(16)8-11(9)15(17)18;1-13(2,3)9-7-10(14(4,5)6)12(16)8-11(9)15;1-12(2,3)9-6-5-8(13(15)16)7-10(9)18-11(14)17-4;12-9-6-3-1-2-4-8(6)11-5-7(9)10(13)14;1-10(2,3)8-5-4-7(11(13)14)6-9(8)12/h2*8-9H,1-7H3;7-8,16H,1-6H3;7-8,16H,15H2,1-6H3;5-7H,1-4H3;1-5H,(H,11,12)(H,13,14);4-6,12H,1-3H3. The number of nitrogens with zero attached hydrogens (tertiary/aromatic N) is 5. The van der Waals surface area contributed by atoms with Crippen LogP contribution >= 0.6 is 0 Å². The summed E-state index contributed by atoms with van der Waals surface area (Å²) in [7, 11) is 3.53. The van der Waals surface area contributed by atoms with Crippen molar-refractivity contribution in [3.05, 3.63) is 237 Å². The zero-order valence-corrected chi connectivity index (χ0v) is 77.6. The molecule has 0 aliphatic carbocycles. The molecule has 32 heteroatoms. The lowest BCUT2D eigenvalue weighted by atomic mass is 9.79. The van der Waals surface area contributed by atoms with Crippen LogP contribution in [0.4, 0.5) is 48.5 Å². The first-order valence-corrected chi connectivity index (χ1v) is 39.2. The van der Waals surface area contributed by atoms with Crippen LogP contribution in [0.15, 0.2) is 120 Å². The summed E-state index contributed by atoms with van der Waals surface area (Å²) in [6, 6.07) is 28.2. The Bertz CT molecular complexity index is 5250. The molecule has 32 nitrogen and oxygen atoms in total. The molecule has 1 heterocycles. The zero-order valence-electron chi connectivity index (χ0n) is 77.6. The highest BCUT2D eigenvalue weighted by Gasteiger charge is 2.36. The third kappa shape index (κ3) is 31.0. The van der Waals surface area contributed by atoms with Gasteiger partial charge in [-0.05, 0) is 119 Å². The van der Waals surface area contributed by atoms with Gasteiger partial charge in [-0.25, -0.2) is 19.2 Å². The van der Waals surface area contributed by atoms with Gasteiger partial charge in [0.15, 0.2) is 0 Å². The first-order chi connectivity index (χ1) is 56.0. The molecule has 0 amide bonds. The van der Waals surface area contributed by atoms with Crippen LogP contribution in [0.25, 0.3) is 10.9 Å². The number of ether oxygens (including phenoxy) is 6. The molecule has 1 aromatic heterocycles. The Kier molecular flexibility index (Phi) is 35.8. The van der Waals surface area contributed by atoms with E-state index in [9.17, 15) is 89.9 Å². The fourth-order valence-electron chi connectivity index (χ4n) is 11.9. The monoisotopic (exact) mass is 1730 g/mol. The number of carboxylic acids is 1. The number of hydrogen-bond acceptors (Lipinski definition) is 25. The quantitative estimate of drug-likeness (QED) is 0.0195. The van der Waals surface area contributed by atoms with Gasteiger partial charge in [0.05, 0.1) is 70.2 Å². The molecule has 0 aliphatic heterocycles. The molecule has 0 fully saturated rings. The third-order valence-electron chi connectivity index (χ3n) is 18.6. The van der Waals surface area contributed by atoms with Crippen molar-refractivity contribution in [2.45, 2.75) is 262 Å². The smallest absolute Gasteiger partial charge is 0.508 e. The van der Waals surface area contributed by atoms with Crippen molar-refractivity contribution in [1.82, 2.24) is 4.98 Å². The van der Waals surface area contributed by atoms with Gasteiger partial charge >= 0.3 is 30.1 Å². The van der Waals surface area contributed by atoms with Gasteiger partial charge in [-0.2, -0.15) is 0 Å². The number of phenolic OH excluding ortho intramolecular Hbond substituents is 3. The number of nitro benzene ring substituents is 5. The van der Waals surface area contributed by atoms with Crippen LogP contribution < -0.4 is 25.4 Å². The molecule has 0 atom stereocenters. The van der Waals surface area contributed by atoms with E-state index in [-0.39, 0.29) is 112 Å². The van der Waals surface area contributed by atoms with Gasteiger partial charge in [-0.1, -0.05) is 226 Å². The molecule has 7 aromatic carbocycles. The Morgan fingerprint density at radius 3 is 1.07 bits per heavy atom. The van der Waals surface area contributed by atoms with Crippen LogP contribution in [-0.2, 0) is 68.4 Å². The number of methoxy groups -OCH3 is 3. The molecule has 0 bridgehead atoms. The van der Waals surface area contributed by atoms with Gasteiger partial charge in [-0.15, -0.1) is 0 Å². The number of fused-ring (bicyclic) bond motifs is 1. The number of aromatic hydroxyl groups is 3. The molecule has 124 heavy (non-hydrogen) atoms. The molecule has 0 radical (unpaired) electrons. The number of rotatable bonds is 9. The molecule has 8 aromatic rings. The number of para-hydroxylation sites is 1. The number of aromatic carboxylic acids is 1. The van der Waals surface area contributed by atoms with Gasteiger partial charge in [0.2, 0.25) is 11.2 Å². The average Bonchev–Trinajstić information content (AvgIpc) is 0.783. The summed E-state index contributed by atoms with van der Waals surface area (Å²) in [6.07, 6.45) is -1.56. The summed E-state index contributed by atoms with van der Waals surface area (Å²) < 4.78 is 28.5. The first kappa shape index (κ1) is 107. The SMILES string of the molecule is CC(C)(C)c1cc(C(C)(C)C)c(O)cc1N.CC(C)(C)c1cc(C(C)(C)C)c([N+](=O)[O-])cc1O.CC(C)(C)c1ccc([N+](=O)[O-])cc1O.COC(=O)Oc1c([N+](=O)[O-])cc(C(C)(C)C)cc1C(C)(C)C.COC(=O)Oc1cc([N+](=O)[O-])c(C(C)(C)C)cc1C(C)(C)C.COC(=O)Oc1cc([N+](=O)[O-])ccc1C(C)(C)C.O=C(O)c1c[nH]c2ccccc2c1=O. The first-order valence-electron chi connectivity index (χ1n) is 39.2. The average molecular weight is 1730 g/mol. The van der Waals surface area contributed by atoms with E-state index in [0.29, 0.717) is 50.0 Å². The maximum absolute atomic E-state index is 11.6. The second-order valence-corrected chi connectivity index (χ2v) is 39.3. The number of benzene rings is 7. The van der Waals surface area contributed by atoms with E-state index in [1.165, 1.54) is 62.9 Å². The van der Waals surface area contributed by atoms with Crippen molar-refractivity contribution in [3.8, 4) is 34.5 Å². The highest BCUT2D eigenvalue weighted by Crippen LogP contribution is 2.46. The molecular formula is C92H125N7O25. The summed E-state index contributed by atoms with van der Waals surface area (Å²) >= 11 is 0. The van der Waals surface area contributed by atoms with E-state index in [2.05, 4.69) is 60.7 Å².